The lowest BCUT2D eigenvalue weighted by molar-refractivity contribution is -0.0983. The lowest BCUT2D eigenvalue weighted by atomic mass is 9.65. The molecule has 2 aliphatic carbocycles. The van der Waals surface area contributed by atoms with Gasteiger partial charge in [-0.2, -0.15) is 0 Å². The Bertz CT molecular complexity index is 417. The predicted octanol–water partition coefficient (Wildman–Crippen LogP) is 3.29. The van der Waals surface area contributed by atoms with Crippen molar-refractivity contribution in [1.29, 1.82) is 0 Å². The first kappa shape index (κ1) is 14.1. The van der Waals surface area contributed by atoms with Crippen LogP contribution in [0.1, 0.15) is 50.5 Å². The average molecular weight is 273 g/mol. The zero-order valence-corrected chi connectivity index (χ0v) is 12.4. The zero-order valence-electron chi connectivity index (χ0n) is 12.4. The van der Waals surface area contributed by atoms with Gasteiger partial charge in [0.05, 0.1) is 5.60 Å². The number of hydrogen-bond donors (Lipinski definition) is 2. The summed E-state index contributed by atoms with van der Waals surface area (Å²) < 4.78 is 0. The molecule has 0 bridgehead atoms. The van der Waals surface area contributed by atoms with Gasteiger partial charge in [-0.25, -0.2) is 0 Å². The highest BCUT2D eigenvalue weighted by molar-refractivity contribution is 5.15. The summed E-state index contributed by atoms with van der Waals surface area (Å²) in [6.45, 7) is 0.976. The Hall–Kier alpha value is -0.860. The van der Waals surface area contributed by atoms with E-state index < -0.39 is 5.60 Å². The molecule has 0 radical (unpaired) electrons. The topological polar surface area (TPSA) is 32.3 Å². The monoisotopic (exact) mass is 273 g/mol. The Morgan fingerprint density at radius 1 is 1.05 bits per heavy atom. The summed E-state index contributed by atoms with van der Waals surface area (Å²) in [6, 6.07) is 10.9. The van der Waals surface area contributed by atoms with Crippen molar-refractivity contribution in [2.75, 3.05) is 6.54 Å². The van der Waals surface area contributed by atoms with Crippen molar-refractivity contribution in [3.05, 3.63) is 35.9 Å². The molecule has 3 atom stereocenters. The second-order valence-electron chi connectivity index (χ2n) is 6.61. The van der Waals surface area contributed by atoms with E-state index in [2.05, 4.69) is 35.6 Å². The first-order valence-electron chi connectivity index (χ1n) is 8.29. The molecule has 1 aromatic carbocycles. The Labute approximate surface area is 122 Å². The van der Waals surface area contributed by atoms with E-state index in [0.29, 0.717) is 12.0 Å². The third kappa shape index (κ3) is 2.91. The molecule has 1 aromatic rings. The van der Waals surface area contributed by atoms with E-state index in [1.54, 1.807) is 0 Å². The van der Waals surface area contributed by atoms with Gasteiger partial charge in [-0.05, 0) is 50.1 Å². The van der Waals surface area contributed by atoms with Gasteiger partial charge >= 0.3 is 0 Å². The molecule has 0 spiro atoms. The van der Waals surface area contributed by atoms with E-state index in [9.17, 15) is 5.11 Å². The van der Waals surface area contributed by atoms with Gasteiger partial charge in [-0.1, -0.05) is 49.6 Å². The van der Waals surface area contributed by atoms with E-state index in [1.807, 2.05) is 0 Å². The van der Waals surface area contributed by atoms with Crippen LogP contribution in [-0.2, 0) is 6.42 Å². The maximum Gasteiger partial charge on any atom is 0.0827 e. The van der Waals surface area contributed by atoms with Crippen molar-refractivity contribution in [3.8, 4) is 0 Å². The first-order valence-corrected chi connectivity index (χ1v) is 8.29. The summed E-state index contributed by atoms with van der Waals surface area (Å²) in [5.74, 6) is 0.541. The SMILES string of the molecule is O[C@]12CCCC[C@@H]1CCCC2NCCc1ccccc1. The molecule has 2 heteroatoms. The molecule has 0 amide bonds. The van der Waals surface area contributed by atoms with Gasteiger partial charge < -0.3 is 10.4 Å². The largest absolute Gasteiger partial charge is 0.388 e. The van der Waals surface area contributed by atoms with E-state index in [1.165, 1.54) is 37.7 Å². The second-order valence-corrected chi connectivity index (χ2v) is 6.61. The van der Waals surface area contributed by atoms with Crippen LogP contribution in [0.4, 0.5) is 0 Å². The summed E-state index contributed by atoms with van der Waals surface area (Å²) >= 11 is 0. The van der Waals surface area contributed by atoms with E-state index in [-0.39, 0.29) is 0 Å². The second kappa shape index (κ2) is 6.28. The normalized spacial score (nSPS) is 33.6. The van der Waals surface area contributed by atoms with Crippen LogP contribution in [0.15, 0.2) is 30.3 Å². The van der Waals surface area contributed by atoms with Crippen molar-refractivity contribution < 1.29 is 5.11 Å². The number of benzene rings is 1. The molecular formula is C18H27NO. The highest BCUT2D eigenvalue weighted by Gasteiger charge is 2.46. The number of rotatable bonds is 4. The van der Waals surface area contributed by atoms with Gasteiger partial charge in [0.15, 0.2) is 0 Å². The summed E-state index contributed by atoms with van der Waals surface area (Å²) in [7, 11) is 0. The van der Waals surface area contributed by atoms with Crippen LogP contribution in [0.2, 0.25) is 0 Å². The van der Waals surface area contributed by atoms with Gasteiger partial charge in [0.25, 0.3) is 0 Å². The zero-order chi connectivity index (χ0) is 13.8. The molecule has 1 unspecified atom stereocenters. The fraction of sp³-hybridized carbons (Fsp3) is 0.667. The number of aliphatic hydroxyl groups is 1. The molecule has 20 heavy (non-hydrogen) atoms. The molecule has 2 saturated carbocycles. The number of nitrogens with one attached hydrogen (secondary N) is 1. The van der Waals surface area contributed by atoms with Gasteiger partial charge in [-0.15, -0.1) is 0 Å². The highest BCUT2D eigenvalue weighted by Crippen LogP contribution is 2.43. The Morgan fingerprint density at radius 2 is 1.85 bits per heavy atom. The minimum absolute atomic E-state index is 0.310. The number of fused-ring (bicyclic) bond motifs is 1. The summed E-state index contributed by atoms with van der Waals surface area (Å²) in [4.78, 5) is 0. The van der Waals surface area contributed by atoms with Crippen LogP contribution in [0.5, 0.6) is 0 Å². The van der Waals surface area contributed by atoms with Crippen LogP contribution in [0.3, 0.4) is 0 Å². The lowest BCUT2D eigenvalue weighted by Crippen LogP contribution is -2.59. The molecule has 110 valence electrons. The van der Waals surface area contributed by atoms with E-state index in [4.69, 9.17) is 0 Å². The molecule has 2 fully saturated rings. The molecule has 2 nitrogen and oxygen atoms in total. The summed E-state index contributed by atoms with van der Waals surface area (Å²) in [5, 5.41) is 14.7. The molecule has 0 aromatic heterocycles. The molecular weight excluding hydrogens is 246 g/mol. The van der Waals surface area contributed by atoms with Gasteiger partial charge in [0.2, 0.25) is 0 Å². The van der Waals surface area contributed by atoms with Crippen molar-refractivity contribution in [2.45, 2.75) is 63.0 Å². The molecule has 0 heterocycles. The van der Waals surface area contributed by atoms with Crippen molar-refractivity contribution >= 4 is 0 Å². The fourth-order valence-corrected chi connectivity index (χ4v) is 4.24. The standard InChI is InChI=1S/C18H27NO/c20-18-13-5-4-9-16(18)10-6-11-17(18)19-14-12-15-7-2-1-3-8-15/h1-3,7-8,16-17,19-20H,4-6,9-14H2/t16-,17?,18-/m1/s1. The van der Waals surface area contributed by atoms with Crippen molar-refractivity contribution in [2.24, 2.45) is 5.92 Å². The van der Waals surface area contributed by atoms with Gasteiger partial charge in [0, 0.05) is 6.04 Å². The van der Waals surface area contributed by atoms with Gasteiger partial charge in [0.1, 0.15) is 0 Å². The molecule has 0 aliphatic heterocycles. The van der Waals surface area contributed by atoms with Crippen LogP contribution in [0.25, 0.3) is 0 Å². The predicted molar refractivity (Wildman–Crippen MR) is 82.7 cm³/mol. The fourth-order valence-electron chi connectivity index (χ4n) is 4.24. The maximum absolute atomic E-state index is 11.1. The summed E-state index contributed by atoms with van der Waals surface area (Å²) in [5.41, 5.74) is 0.954. The quantitative estimate of drug-likeness (QED) is 0.882. The third-order valence-electron chi connectivity index (χ3n) is 5.38. The van der Waals surface area contributed by atoms with Crippen molar-refractivity contribution in [1.82, 2.24) is 5.32 Å². The minimum atomic E-state index is -0.423. The van der Waals surface area contributed by atoms with Crippen LogP contribution < -0.4 is 5.32 Å². The third-order valence-corrected chi connectivity index (χ3v) is 5.38. The average Bonchev–Trinajstić information content (AvgIpc) is 2.49. The summed E-state index contributed by atoms with van der Waals surface area (Å²) in [6.07, 6.45) is 9.44. The smallest absolute Gasteiger partial charge is 0.0827 e. The maximum atomic E-state index is 11.1. The highest BCUT2D eigenvalue weighted by atomic mass is 16.3. The van der Waals surface area contributed by atoms with E-state index >= 15 is 0 Å². The Balaban J connectivity index is 1.56. The molecule has 3 rings (SSSR count). The first-order chi connectivity index (χ1) is 9.79. The molecule has 2 N–H and O–H groups in total. The van der Waals surface area contributed by atoms with E-state index in [0.717, 1.165) is 25.8 Å². The van der Waals surface area contributed by atoms with Gasteiger partial charge in [-0.3, -0.25) is 0 Å². The lowest BCUT2D eigenvalue weighted by Gasteiger charge is -2.49. The Morgan fingerprint density at radius 3 is 2.70 bits per heavy atom. The van der Waals surface area contributed by atoms with Crippen LogP contribution >= 0.6 is 0 Å². The van der Waals surface area contributed by atoms with Crippen molar-refractivity contribution in [3.63, 3.8) is 0 Å². The number of hydrogen-bond acceptors (Lipinski definition) is 2. The van der Waals surface area contributed by atoms with Crippen LogP contribution in [0, 0.1) is 5.92 Å². The molecule has 0 saturated heterocycles. The van der Waals surface area contributed by atoms with Crippen LogP contribution in [-0.4, -0.2) is 23.3 Å². The molecule has 2 aliphatic rings. The minimum Gasteiger partial charge on any atom is -0.388 e. The Kier molecular flexibility index (Phi) is 4.42.